The Hall–Kier alpha value is -2.61. The van der Waals surface area contributed by atoms with Gasteiger partial charge in [0.2, 0.25) is 0 Å². The standard InChI is InChI=1S/C29H35ClN6O2/c1-2-31-25(37)21-7-20(30)5-6-22(21)29-12-28(13-29,14-29)19-10-35(11-19)26(38)36-15-27(16-36)8-18(9-27)24-32-23(33-34-24)17-3-4-17/h5-7,17-19H,2-4,8-16H2,1H3,(H,31,37)(H,32,33,34). The molecule has 9 rings (SSSR count). The van der Waals surface area contributed by atoms with Crippen molar-refractivity contribution in [3.05, 3.63) is 46.0 Å². The summed E-state index contributed by atoms with van der Waals surface area (Å²) in [6.07, 6.45) is 8.06. The lowest BCUT2D eigenvalue weighted by atomic mass is 9.29. The summed E-state index contributed by atoms with van der Waals surface area (Å²) in [5.74, 6) is 3.68. The van der Waals surface area contributed by atoms with Gasteiger partial charge in [-0.05, 0) is 86.3 Å². The number of carbonyl (C=O) groups is 2. The number of H-pyrrole nitrogens is 1. The molecular weight excluding hydrogens is 500 g/mol. The molecule has 2 saturated heterocycles. The van der Waals surface area contributed by atoms with Gasteiger partial charge in [0.05, 0.1) is 0 Å². The summed E-state index contributed by atoms with van der Waals surface area (Å²) < 4.78 is 0. The molecule has 2 N–H and O–H groups in total. The van der Waals surface area contributed by atoms with Crippen molar-refractivity contribution in [2.75, 3.05) is 32.7 Å². The zero-order valence-electron chi connectivity index (χ0n) is 21.9. The molecule has 0 atom stereocenters. The van der Waals surface area contributed by atoms with Crippen LogP contribution in [0.1, 0.15) is 91.3 Å². The maximum absolute atomic E-state index is 13.1. The van der Waals surface area contributed by atoms with Crippen molar-refractivity contribution in [2.45, 2.75) is 69.1 Å². The number of halogens is 1. The van der Waals surface area contributed by atoms with E-state index < -0.39 is 0 Å². The first-order valence-electron chi connectivity index (χ1n) is 14.4. The maximum Gasteiger partial charge on any atom is 0.320 e. The Labute approximate surface area is 227 Å². The molecule has 2 aromatic rings. The average molecular weight is 535 g/mol. The normalized spacial score (nSPS) is 31.1. The molecule has 200 valence electrons. The van der Waals surface area contributed by atoms with Crippen molar-refractivity contribution in [1.29, 1.82) is 0 Å². The predicted molar refractivity (Wildman–Crippen MR) is 142 cm³/mol. The van der Waals surface area contributed by atoms with E-state index >= 15 is 0 Å². The highest BCUT2D eigenvalue weighted by Gasteiger charge is 2.72. The van der Waals surface area contributed by atoms with Crippen LogP contribution in [0.15, 0.2) is 18.2 Å². The number of amides is 3. The first-order valence-corrected chi connectivity index (χ1v) is 14.7. The van der Waals surface area contributed by atoms with Gasteiger partial charge in [-0.2, -0.15) is 5.10 Å². The number of carbonyl (C=O) groups excluding carboxylic acids is 2. The molecule has 1 spiro atoms. The van der Waals surface area contributed by atoms with Gasteiger partial charge in [0, 0.05) is 60.6 Å². The van der Waals surface area contributed by atoms with Gasteiger partial charge >= 0.3 is 6.03 Å². The molecule has 7 fully saturated rings. The van der Waals surface area contributed by atoms with Crippen molar-refractivity contribution in [3.63, 3.8) is 0 Å². The summed E-state index contributed by atoms with van der Waals surface area (Å²) in [7, 11) is 0. The van der Waals surface area contributed by atoms with Gasteiger partial charge in [-0.1, -0.05) is 17.7 Å². The molecule has 3 amide bonds. The number of likely N-dealkylation sites (tertiary alicyclic amines) is 2. The molecule has 1 aromatic heterocycles. The number of hydrogen-bond acceptors (Lipinski definition) is 4. The van der Waals surface area contributed by atoms with Gasteiger partial charge in [-0.25, -0.2) is 9.78 Å². The second-order valence-corrected chi connectivity index (χ2v) is 13.9. The Bertz CT molecular complexity index is 1310. The van der Waals surface area contributed by atoms with Gasteiger partial charge < -0.3 is 15.1 Å². The van der Waals surface area contributed by atoms with E-state index in [4.69, 9.17) is 16.6 Å². The van der Waals surface area contributed by atoms with E-state index in [9.17, 15) is 9.59 Å². The van der Waals surface area contributed by atoms with Crippen LogP contribution in [0.2, 0.25) is 5.02 Å². The molecule has 8 nitrogen and oxygen atoms in total. The molecule has 38 heavy (non-hydrogen) atoms. The second kappa shape index (κ2) is 7.74. The number of nitrogens with one attached hydrogen (secondary N) is 2. The summed E-state index contributed by atoms with van der Waals surface area (Å²) >= 11 is 6.23. The van der Waals surface area contributed by atoms with Crippen LogP contribution in [0.4, 0.5) is 4.79 Å². The Kier molecular flexibility index (Phi) is 4.74. The zero-order chi connectivity index (χ0) is 25.9. The molecule has 7 aliphatic rings. The van der Waals surface area contributed by atoms with E-state index in [-0.39, 0.29) is 17.4 Å². The lowest BCUT2D eigenvalue weighted by Gasteiger charge is -2.76. The molecule has 2 bridgehead atoms. The minimum atomic E-state index is -0.0297. The number of urea groups is 1. The number of nitrogens with zero attached hydrogens (tertiary/aromatic N) is 4. The Balaban J connectivity index is 0.826. The summed E-state index contributed by atoms with van der Waals surface area (Å²) in [5, 5.41) is 11.2. The van der Waals surface area contributed by atoms with E-state index in [2.05, 4.69) is 31.4 Å². The summed E-state index contributed by atoms with van der Waals surface area (Å²) in [5.41, 5.74) is 2.64. The smallest absolute Gasteiger partial charge is 0.320 e. The van der Waals surface area contributed by atoms with Crippen LogP contribution in [0.25, 0.3) is 0 Å². The lowest BCUT2D eigenvalue weighted by Crippen LogP contribution is -2.74. The fourth-order valence-electron chi connectivity index (χ4n) is 8.56. The van der Waals surface area contributed by atoms with Gasteiger partial charge in [-0.3, -0.25) is 9.89 Å². The first-order chi connectivity index (χ1) is 18.3. The van der Waals surface area contributed by atoms with Crippen LogP contribution in [-0.2, 0) is 5.41 Å². The third kappa shape index (κ3) is 3.28. The van der Waals surface area contributed by atoms with E-state index in [1.165, 1.54) is 12.8 Å². The molecule has 3 heterocycles. The largest absolute Gasteiger partial charge is 0.352 e. The van der Waals surface area contributed by atoms with E-state index in [1.807, 2.05) is 19.1 Å². The monoisotopic (exact) mass is 534 g/mol. The molecular formula is C29H35ClN6O2. The topological polar surface area (TPSA) is 94.2 Å². The Morgan fingerprint density at radius 1 is 1.11 bits per heavy atom. The van der Waals surface area contributed by atoms with Crippen LogP contribution in [0.3, 0.4) is 0 Å². The zero-order valence-corrected chi connectivity index (χ0v) is 22.7. The van der Waals surface area contributed by atoms with E-state index in [0.717, 1.165) is 81.1 Å². The number of hydrogen-bond donors (Lipinski definition) is 2. The van der Waals surface area contributed by atoms with Crippen LogP contribution in [0.5, 0.6) is 0 Å². The number of aromatic nitrogens is 3. The van der Waals surface area contributed by atoms with Crippen molar-refractivity contribution >= 4 is 23.5 Å². The van der Waals surface area contributed by atoms with Crippen molar-refractivity contribution in [1.82, 2.24) is 30.3 Å². The lowest BCUT2D eigenvalue weighted by molar-refractivity contribution is -0.208. The summed E-state index contributed by atoms with van der Waals surface area (Å²) in [6, 6.07) is 6.02. The molecule has 2 aliphatic heterocycles. The highest BCUT2D eigenvalue weighted by Crippen LogP contribution is 2.77. The summed E-state index contributed by atoms with van der Waals surface area (Å²) in [4.78, 5) is 34.7. The first kappa shape index (κ1) is 23.3. The van der Waals surface area contributed by atoms with Gasteiger partial charge in [0.1, 0.15) is 5.82 Å². The van der Waals surface area contributed by atoms with Crippen molar-refractivity contribution < 1.29 is 9.59 Å². The fourth-order valence-corrected chi connectivity index (χ4v) is 8.74. The minimum Gasteiger partial charge on any atom is -0.352 e. The molecule has 5 saturated carbocycles. The fraction of sp³-hybridized carbons (Fsp3) is 0.655. The molecule has 9 heteroatoms. The Morgan fingerprint density at radius 3 is 2.53 bits per heavy atom. The average Bonchev–Trinajstić information content (AvgIpc) is 3.50. The second-order valence-electron chi connectivity index (χ2n) is 13.4. The molecule has 1 aromatic carbocycles. The highest BCUT2D eigenvalue weighted by molar-refractivity contribution is 6.31. The van der Waals surface area contributed by atoms with Gasteiger partial charge in [-0.15, -0.1) is 0 Å². The maximum atomic E-state index is 13.1. The SMILES string of the molecule is CCNC(=O)c1cc(Cl)ccc1C12CC(C3CN(C(=O)N4CC5(CC(c6n[nH]c(C7CC7)n6)C5)C4)C3)(C1)C2. The molecule has 0 unspecified atom stereocenters. The molecule has 0 radical (unpaired) electrons. The van der Waals surface area contributed by atoms with Crippen LogP contribution in [0, 0.1) is 16.7 Å². The summed E-state index contributed by atoms with van der Waals surface area (Å²) in [6.45, 7) is 6.08. The number of aromatic amines is 1. The van der Waals surface area contributed by atoms with Gasteiger partial charge in [0.15, 0.2) is 5.82 Å². The van der Waals surface area contributed by atoms with Crippen molar-refractivity contribution in [2.24, 2.45) is 16.7 Å². The highest BCUT2D eigenvalue weighted by atomic mass is 35.5. The van der Waals surface area contributed by atoms with Crippen LogP contribution < -0.4 is 5.32 Å². The predicted octanol–water partition coefficient (Wildman–Crippen LogP) is 4.44. The van der Waals surface area contributed by atoms with Gasteiger partial charge in [0.25, 0.3) is 5.91 Å². The Morgan fingerprint density at radius 2 is 1.84 bits per heavy atom. The van der Waals surface area contributed by atoms with Crippen LogP contribution in [-0.4, -0.2) is 69.6 Å². The van der Waals surface area contributed by atoms with Crippen LogP contribution >= 0.6 is 11.6 Å². The third-order valence-corrected chi connectivity index (χ3v) is 11.0. The quantitative estimate of drug-likeness (QED) is 0.573. The minimum absolute atomic E-state index is 0.0297. The van der Waals surface area contributed by atoms with Crippen molar-refractivity contribution in [3.8, 4) is 0 Å². The number of benzene rings is 1. The number of rotatable bonds is 6. The van der Waals surface area contributed by atoms with E-state index in [1.54, 1.807) is 0 Å². The molecule has 5 aliphatic carbocycles. The van der Waals surface area contributed by atoms with E-state index in [0.29, 0.717) is 40.2 Å². The third-order valence-electron chi connectivity index (χ3n) is 10.8.